The second-order valence-corrected chi connectivity index (χ2v) is 4.10. The van der Waals surface area contributed by atoms with Crippen LogP contribution in [0.4, 0.5) is 5.69 Å². The fraction of sp³-hybridized carbons (Fsp3) is 0.500. The molecule has 0 spiro atoms. The first-order valence-electron chi connectivity index (χ1n) is 5.73. The molecule has 1 aromatic rings. The SMILES string of the molecule is CNCCN(C)Cc1ccc(OC)c([N+](=O)[O-])c1. The summed E-state index contributed by atoms with van der Waals surface area (Å²) in [6.07, 6.45) is 0. The molecule has 0 aromatic heterocycles. The van der Waals surface area contributed by atoms with E-state index in [1.165, 1.54) is 7.11 Å². The zero-order valence-corrected chi connectivity index (χ0v) is 11.0. The van der Waals surface area contributed by atoms with Crippen LogP contribution >= 0.6 is 0 Å². The van der Waals surface area contributed by atoms with Gasteiger partial charge in [-0.05, 0) is 25.7 Å². The van der Waals surface area contributed by atoms with Crippen molar-refractivity contribution in [2.45, 2.75) is 6.54 Å². The largest absolute Gasteiger partial charge is 0.490 e. The van der Waals surface area contributed by atoms with Crippen molar-refractivity contribution in [3.05, 3.63) is 33.9 Å². The van der Waals surface area contributed by atoms with Crippen LogP contribution in [0.2, 0.25) is 0 Å². The number of nitrogens with zero attached hydrogens (tertiary/aromatic N) is 2. The third kappa shape index (κ3) is 3.97. The molecule has 0 amide bonds. The van der Waals surface area contributed by atoms with E-state index in [-0.39, 0.29) is 5.69 Å². The summed E-state index contributed by atoms with van der Waals surface area (Å²) in [5.74, 6) is 0.293. The number of hydrogen-bond acceptors (Lipinski definition) is 5. The molecule has 1 aromatic carbocycles. The molecule has 0 radical (unpaired) electrons. The molecule has 1 N–H and O–H groups in total. The van der Waals surface area contributed by atoms with E-state index in [0.717, 1.165) is 18.7 Å². The Balaban J connectivity index is 2.78. The van der Waals surface area contributed by atoms with E-state index >= 15 is 0 Å². The van der Waals surface area contributed by atoms with Gasteiger partial charge in [0.2, 0.25) is 0 Å². The highest BCUT2D eigenvalue weighted by atomic mass is 16.6. The summed E-state index contributed by atoms with van der Waals surface area (Å²) >= 11 is 0. The average molecular weight is 253 g/mol. The molecule has 0 bridgehead atoms. The standard InChI is InChI=1S/C12H19N3O3/c1-13-6-7-14(2)9-10-4-5-12(18-3)11(8-10)15(16)17/h4-5,8,13H,6-7,9H2,1-3H3. The number of benzene rings is 1. The maximum absolute atomic E-state index is 10.9. The minimum atomic E-state index is -0.421. The summed E-state index contributed by atoms with van der Waals surface area (Å²) in [4.78, 5) is 12.6. The summed E-state index contributed by atoms with van der Waals surface area (Å²) in [6.45, 7) is 2.44. The van der Waals surface area contributed by atoms with Gasteiger partial charge in [-0.3, -0.25) is 10.1 Å². The highest BCUT2D eigenvalue weighted by molar-refractivity contribution is 5.48. The van der Waals surface area contributed by atoms with Crippen LogP contribution in [0.15, 0.2) is 18.2 Å². The Morgan fingerprint density at radius 2 is 2.22 bits per heavy atom. The zero-order valence-electron chi connectivity index (χ0n) is 11.0. The second kappa shape index (κ2) is 6.93. The van der Waals surface area contributed by atoms with E-state index in [1.54, 1.807) is 12.1 Å². The quantitative estimate of drug-likeness (QED) is 0.585. The molecular weight excluding hydrogens is 234 g/mol. The van der Waals surface area contributed by atoms with Crippen molar-refractivity contribution in [1.29, 1.82) is 0 Å². The van der Waals surface area contributed by atoms with Crippen LogP contribution in [0.1, 0.15) is 5.56 Å². The Morgan fingerprint density at radius 3 is 2.78 bits per heavy atom. The van der Waals surface area contributed by atoms with Gasteiger partial charge in [-0.15, -0.1) is 0 Å². The molecule has 1 rings (SSSR count). The highest BCUT2D eigenvalue weighted by Gasteiger charge is 2.15. The van der Waals surface area contributed by atoms with Crippen molar-refractivity contribution in [3.63, 3.8) is 0 Å². The topological polar surface area (TPSA) is 67.6 Å². The summed E-state index contributed by atoms with van der Waals surface area (Å²) in [6, 6.07) is 5.05. The molecule has 0 saturated heterocycles. The minimum Gasteiger partial charge on any atom is -0.490 e. The molecule has 0 aliphatic rings. The zero-order chi connectivity index (χ0) is 13.5. The molecule has 0 fully saturated rings. The lowest BCUT2D eigenvalue weighted by atomic mass is 10.2. The number of nitro groups is 1. The molecule has 0 unspecified atom stereocenters. The maximum Gasteiger partial charge on any atom is 0.311 e. The van der Waals surface area contributed by atoms with Gasteiger partial charge < -0.3 is 15.0 Å². The van der Waals surface area contributed by atoms with E-state index < -0.39 is 4.92 Å². The van der Waals surface area contributed by atoms with Gasteiger partial charge in [0, 0.05) is 25.7 Å². The smallest absolute Gasteiger partial charge is 0.311 e. The molecule has 0 aliphatic heterocycles. The molecule has 0 atom stereocenters. The minimum absolute atomic E-state index is 0.0111. The van der Waals surface area contributed by atoms with Crippen molar-refractivity contribution >= 4 is 5.69 Å². The lowest BCUT2D eigenvalue weighted by Crippen LogP contribution is -2.26. The van der Waals surface area contributed by atoms with Gasteiger partial charge in [-0.1, -0.05) is 6.07 Å². The Labute approximate surface area is 107 Å². The first-order chi connectivity index (χ1) is 8.58. The first kappa shape index (κ1) is 14.4. The fourth-order valence-corrected chi connectivity index (χ4v) is 1.67. The third-order valence-corrected chi connectivity index (χ3v) is 2.64. The molecule has 0 saturated carbocycles. The molecule has 6 nitrogen and oxygen atoms in total. The van der Waals surface area contributed by atoms with Gasteiger partial charge >= 0.3 is 5.69 Å². The Kier molecular flexibility index (Phi) is 5.54. The summed E-state index contributed by atoms with van der Waals surface area (Å²) in [7, 11) is 5.31. The monoisotopic (exact) mass is 253 g/mol. The molecule has 0 aliphatic carbocycles. The van der Waals surface area contributed by atoms with Crippen molar-refractivity contribution in [3.8, 4) is 5.75 Å². The Morgan fingerprint density at radius 1 is 1.50 bits per heavy atom. The number of methoxy groups -OCH3 is 1. The number of hydrogen-bond donors (Lipinski definition) is 1. The number of ether oxygens (including phenoxy) is 1. The van der Waals surface area contributed by atoms with E-state index in [2.05, 4.69) is 10.2 Å². The lowest BCUT2D eigenvalue weighted by Gasteiger charge is -2.16. The highest BCUT2D eigenvalue weighted by Crippen LogP contribution is 2.27. The molecule has 18 heavy (non-hydrogen) atoms. The van der Waals surface area contributed by atoms with E-state index in [0.29, 0.717) is 12.3 Å². The van der Waals surface area contributed by atoms with Gasteiger partial charge in [0.05, 0.1) is 12.0 Å². The van der Waals surface area contributed by atoms with Crippen molar-refractivity contribution < 1.29 is 9.66 Å². The van der Waals surface area contributed by atoms with Crippen LogP contribution in [0.25, 0.3) is 0 Å². The van der Waals surface area contributed by atoms with Crippen molar-refractivity contribution in [1.82, 2.24) is 10.2 Å². The van der Waals surface area contributed by atoms with E-state index in [1.807, 2.05) is 20.2 Å². The van der Waals surface area contributed by atoms with Gasteiger partial charge in [-0.25, -0.2) is 0 Å². The van der Waals surface area contributed by atoms with Gasteiger partial charge in [0.1, 0.15) is 0 Å². The Hall–Kier alpha value is -1.66. The first-order valence-corrected chi connectivity index (χ1v) is 5.73. The van der Waals surface area contributed by atoms with Crippen LogP contribution in [0, 0.1) is 10.1 Å². The average Bonchev–Trinajstić information content (AvgIpc) is 2.36. The van der Waals surface area contributed by atoms with Crippen LogP contribution < -0.4 is 10.1 Å². The van der Waals surface area contributed by atoms with E-state index in [4.69, 9.17) is 4.74 Å². The number of nitrogens with one attached hydrogen (secondary N) is 1. The van der Waals surface area contributed by atoms with Gasteiger partial charge in [-0.2, -0.15) is 0 Å². The van der Waals surface area contributed by atoms with E-state index in [9.17, 15) is 10.1 Å². The summed E-state index contributed by atoms with van der Waals surface area (Å²) < 4.78 is 4.97. The third-order valence-electron chi connectivity index (χ3n) is 2.64. The molecule has 100 valence electrons. The van der Waals surface area contributed by atoms with Crippen LogP contribution in [-0.4, -0.2) is 44.1 Å². The normalized spacial score (nSPS) is 10.7. The Bertz CT molecular complexity index is 410. The van der Waals surface area contributed by atoms with Gasteiger partial charge in [0.25, 0.3) is 0 Å². The lowest BCUT2D eigenvalue weighted by molar-refractivity contribution is -0.385. The number of likely N-dealkylation sites (N-methyl/N-ethyl adjacent to an activating group) is 2. The second-order valence-electron chi connectivity index (χ2n) is 4.10. The van der Waals surface area contributed by atoms with Crippen LogP contribution in [-0.2, 0) is 6.54 Å². The summed E-state index contributed by atoms with van der Waals surface area (Å²) in [5.41, 5.74) is 0.915. The molecular formula is C12H19N3O3. The fourth-order valence-electron chi connectivity index (χ4n) is 1.67. The molecule has 0 heterocycles. The number of rotatable bonds is 7. The van der Waals surface area contributed by atoms with Crippen molar-refractivity contribution in [2.75, 3.05) is 34.3 Å². The summed E-state index contributed by atoms with van der Waals surface area (Å²) in [5, 5.41) is 14.0. The van der Waals surface area contributed by atoms with Crippen molar-refractivity contribution in [2.24, 2.45) is 0 Å². The maximum atomic E-state index is 10.9. The van der Waals surface area contributed by atoms with Crippen LogP contribution in [0.3, 0.4) is 0 Å². The predicted octanol–water partition coefficient (Wildman–Crippen LogP) is 1.25. The predicted molar refractivity (Wildman–Crippen MR) is 69.9 cm³/mol. The van der Waals surface area contributed by atoms with Crippen LogP contribution in [0.5, 0.6) is 5.75 Å². The molecule has 6 heteroatoms. The van der Waals surface area contributed by atoms with Gasteiger partial charge in [0.15, 0.2) is 5.75 Å². The number of nitro benzene ring substituents is 1.